The summed E-state index contributed by atoms with van der Waals surface area (Å²) in [5, 5.41) is 15.3. The molecule has 19 heavy (non-hydrogen) atoms. The van der Waals surface area contributed by atoms with Crippen molar-refractivity contribution in [2.24, 2.45) is 5.14 Å². The van der Waals surface area contributed by atoms with Gasteiger partial charge in [0.25, 0.3) is 10.2 Å². The third-order valence-corrected chi connectivity index (χ3v) is 3.28. The van der Waals surface area contributed by atoms with Crippen molar-refractivity contribution in [1.29, 1.82) is 0 Å². The lowest BCUT2D eigenvalue weighted by atomic mass is 10.3. The number of nitrogens with one attached hydrogen (secondary N) is 1. The third kappa shape index (κ3) is 6.71. The Balaban J connectivity index is 4.46. The van der Waals surface area contributed by atoms with Crippen LogP contribution in [0.2, 0.25) is 0 Å². The first-order valence-electron chi connectivity index (χ1n) is 5.16. The Morgan fingerprint density at radius 3 is 2.21 bits per heavy atom. The molecular weight excluding hydrogens is 291 g/mol. The molecule has 0 saturated heterocycles. The number of carbonyl (C=O) groups is 1. The van der Waals surface area contributed by atoms with Crippen LogP contribution in [-0.4, -0.2) is 55.1 Å². The zero-order chi connectivity index (χ0) is 15.4. The second-order valence-electron chi connectivity index (χ2n) is 4.05. The number of aliphatic hydroxyl groups excluding tert-OH is 1. The number of halogens is 3. The minimum atomic E-state index is -4.86. The summed E-state index contributed by atoms with van der Waals surface area (Å²) in [6, 6.07) is -0.631. The van der Waals surface area contributed by atoms with Crippen LogP contribution in [0.15, 0.2) is 0 Å². The summed E-state index contributed by atoms with van der Waals surface area (Å²) in [4.78, 5) is 11.3. The van der Waals surface area contributed by atoms with Gasteiger partial charge in [-0.2, -0.15) is 25.9 Å². The van der Waals surface area contributed by atoms with Crippen molar-refractivity contribution in [2.45, 2.75) is 32.2 Å². The predicted molar refractivity (Wildman–Crippen MR) is 60.0 cm³/mol. The van der Waals surface area contributed by atoms with Crippen molar-refractivity contribution in [2.75, 3.05) is 13.1 Å². The molecule has 0 aliphatic rings. The van der Waals surface area contributed by atoms with Crippen molar-refractivity contribution in [3.8, 4) is 0 Å². The van der Waals surface area contributed by atoms with Gasteiger partial charge in [0.1, 0.15) is 0 Å². The van der Waals surface area contributed by atoms with Crippen molar-refractivity contribution in [3.63, 3.8) is 0 Å². The van der Waals surface area contributed by atoms with E-state index in [0.29, 0.717) is 4.31 Å². The molecule has 1 amide bonds. The van der Waals surface area contributed by atoms with Gasteiger partial charge in [0.15, 0.2) is 6.10 Å². The van der Waals surface area contributed by atoms with Gasteiger partial charge in [-0.25, -0.2) is 5.14 Å². The molecule has 0 radical (unpaired) electrons. The minimum Gasteiger partial charge on any atom is -0.382 e. The first-order valence-corrected chi connectivity index (χ1v) is 6.67. The highest BCUT2D eigenvalue weighted by Crippen LogP contribution is 2.19. The number of carbonyl (C=O) groups excluding carboxylic acids is 1. The molecule has 114 valence electrons. The van der Waals surface area contributed by atoms with Crippen molar-refractivity contribution < 1.29 is 31.5 Å². The minimum absolute atomic E-state index is 0.613. The molecule has 0 aromatic rings. The molecule has 0 bridgehead atoms. The number of amides is 1. The normalized spacial score (nSPS) is 14.8. The zero-order valence-electron chi connectivity index (χ0n) is 10.3. The molecule has 0 rings (SSSR count). The lowest BCUT2D eigenvalue weighted by Gasteiger charge is -2.23. The Kier molecular flexibility index (Phi) is 6.19. The van der Waals surface area contributed by atoms with Gasteiger partial charge in [-0.3, -0.25) is 4.79 Å². The van der Waals surface area contributed by atoms with Crippen LogP contribution in [0, 0.1) is 0 Å². The molecule has 1 atom stereocenters. The summed E-state index contributed by atoms with van der Waals surface area (Å²) >= 11 is 0. The number of alkyl halides is 3. The fourth-order valence-electron chi connectivity index (χ4n) is 1.09. The number of aliphatic hydroxyl groups is 1. The van der Waals surface area contributed by atoms with Crippen molar-refractivity contribution in [3.05, 3.63) is 0 Å². The van der Waals surface area contributed by atoms with Crippen LogP contribution in [-0.2, 0) is 15.0 Å². The average Bonchev–Trinajstić information content (AvgIpc) is 2.18. The average molecular weight is 307 g/mol. The van der Waals surface area contributed by atoms with Gasteiger partial charge in [-0.15, -0.1) is 0 Å². The second kappa shape index (κ2) is 6.50. The standard InChI is InChI=1S/C8H16F3N3O4S/c1-5(2)14(19(12,17)18)4-7(16)13-3-6(15)8(9,10)11/h5-6,15H,3-4H2,1-2H3,(H,13,16)(H2,12,17,18). The van der Waals surface area contributed by atoms with Gasteiger partial charge in [0.2, 0.25) is 5.91 Å². The van der Waals surface area contributed by atoms with E-state index in [9.17, 15) is 26.4 Å². The highest BCUT2D eigenvalue weighted by atomic mass is 32.2. The second-order valence-corrected chi connectivity index (χ2v) is 5.54. The summed E-state index contributed by atoms with van der Waals surface area (Å²) in [5.74, 6) is -0.994. The topological polar surface area (TPSA) is 113 Å². The zero-order valence-corrected chi connectivity index (χ0v) is 11.1. The number of hydrogen-bond acceptors (Lipinski definition) is 4. The molecule has 11 heteroatoms. The summed E-state index contributed by atoms with van der Waals surface area (Å²) in [6.07, 6.45) is -7.57. The van der Waals surface area contributed by atoms with Crippen LogP contribution in [0.4, 0.5) is 13.2 Å². The van der Waals surface area contributed by atoms with Crippen LogP contribution >= 0.6 is 0 Å². The highest BCUT2D eigenvalue weighted by molar-refractivity contribution is 7.86. The molecule has 0 fully saturated rings. The molecule has 7 nitrogen and oxygen atoms in total. The molecule has 4 N–H and O–H groups in total. The smallest absolute Gasteiger partial charge is 0.382 e. The Bertz CT molecular complexity index is 410. The van der Waals surface area contributed by atoms with Crippen molar-refractivity contribution in [1.82, 2.24) is 9.62 Å². The maximum Gasteiger partial charge on any atom is 0.416 e. The van der Waals surface area contributed by atoms with Crippen LogP contribution in [0.1, 0.15) is 13.8 Å². The first kappa shape index (κ1) is 18.1. The molecule has 0 spiro atoms. The molecule has 0 saturated carbocycles. The van der Waals surface area contributed by atoms with E-state index in [4.69, 9.17) is 10.2 Å². The monoisotopic (exact) mass is 307 g/mol. The summed E-state index contributed by atoms with van der Waals surface area (Å²) < 4.78 is 58.7. The van der Waals surface area contributed by atoms with Crippen LogP contribution < -0.4 is 10.5 Å². The van der Waals surface area contributed by atoms with E-state index < -0.39 is 47.5 Å². The van der Waals surface area contributed by atoms with Gasteiger partial charge in [-0.05, 0) is 13.8 Å². The fraction of sp³-hybridized carbons (Fsp3) is 0.875. The molecule has 0 aliphatic heterocycles. The molecule has 0 aliphatic carbocycles. The Morgan fingerprint density at radius 2 is 1.89 bits per heavy atom. The quantitative estimate of drug-likeness (QED) is 0.580. The fourth-order valence-corrected chi connectivity index (χ4v) is 1.97. The first-order chi connectivity index (χ1) is 8.35. The third-order valence-electron chi connectivity index (χ3n) is 2.07. The van der Waals surface area contributed by atoms with E-state index in [0.717, 1.165) is 0 Å². The molecule has 0 aromatic heterocycles. The van der Waals surface area contributed by atoms with Crippen LogP contribution in [0.5, 0.6) is 0 Å². The van der Waals surface area contributed by atoms with Gasteiger partial charge >= 0.3 is 6.18 Å². The number of nitrogens with zero attached hydrogens (tertiary/aromatic N) is 1. The number of hydrogen-bond donors (Lipinski definition) is 3. The SMILES string of the molecule is CC(C)N(CC(=O)NCC(O)C(F)(F)F)S(N)(=O)=O. The molecule has 0 aromatic carbocycles. The van der Waals surface area contributed by atoms with Gasteiger partial charge in [0.05, 0.1) is 13.1 Å². The van der Waals surface area contributed by atoms with Crippen molar-refractivity contribution >= 4 is 16.1 Å². The van der Waals surface area contributed by atoms with Gasteiger partial charge < -0.3 is 10.4 Å². The molecule has 1 unspecified atom stereocenters. The van der Waals surface area contributed by atoms with E-state index in [1.54, 1.807) is 5.32 Å². The highest BCUT2D eigenvalue weighted by Gasteiger charge is 2.38. The van der Waals surface area contributed by atoms with Crippen LogP contribution in [0.25, 0.3) is 0 Å². The predicted octanol–water partition coefficient (Wildman–Crippen LogP) is -1.06. The van der Waals surface area contributed by atoms with E-state index in [2.05, 4.69) is 0 Å². The van der Waals surface area contributed by atoms with Gasteiger partial charge in [-0.1, -0.05) is 0 Å². The van der Waals surface area contributed by atoms with E-state index in [1.807, 2.05) is 0 Å². The Morgan fingerprint density at radius 1 is 1.42 bits per heavy atom. The number of rotatable bonds is 6. The lowest BCUT2D eigenvalue weighted by molar-refractivity contribution is -0.201. The van der Waals surface area contributed by atoms with E-state index >= 15 is 0 Å². The Hall–Kier alpha value is -0.910. The van der Waals surface area contributed by atoms with E-state index in [-0.39, 0.29) is 0 Å². The van der Waals surface area contributed by atoms with Crippen LogP contribution in [0.3, 0.4) is 0 Å². The lowest BCUT2D eigenvalue weighted by Crippen LogP contribution is -2.49. The molecular formula is C8H16F3N3O4S. The maximum atomic E-state index is 12.0. The van der Waals surface area contributed by atoms with E-state index in [1.165, 1.54) is 13.8 Å². The summed E-state index contributed by atoms with van der Waals surface area (Å²) in [7, 11) is -4.14. The number of nitrogens with two attached hydrogens (primary N) is 1. The molecule has 0 heterocycles. The largest absolute Gasteiger partial charge is 0.416 e. The Labute approximate surface area is 108 Å². The maximum absolute atomic E-state index is 12.0. The van der Waals surface area contributed by atoms with Gasteiger partial charge in [0, 0.05) is 6.04 Å². The summed E-state index contributed by atoms with van der Waals surface area (Å²) in [6.45, 7) is 1.12. The summed E-state index contributed by atoms with van der Waals surface area (Å²) in [5.41, 5.74) is 0.